The topological polar surface area (TPSA) is 93.6 Å². The molecule has 6 aromatic rings. The van der Waals surface area contributed by atoms with Crippen LogP contribution < -0.4 is 26.7 Å². The smallest absolute Gasteiger partial charge is 0.416 e. The highest BCUT2D eigenvalue weighted by Gasteiger charge is 2.43. The largest absolute Gasteiger partial charge is 1.00 e. The van der Waals surface area contributed by atoms with E-state index in [1.807, 2.05) is 107 Å². The van der Waals surface area contributed by atoms with Gasteiger partial charge in [-0.05, 0) is 90.4 Å². The molecule has 0 radical (unpaired) electrons. The van der Waals surface area contributed by atoms with Gasteiger partial charge in [-0.25, -0.2) is 0 Å². The third-order valence-electron chi connectivity index (χ3n) is 9.90. The summed E-state index contributed by atoms with van der Waals surface area (Å²) in [6, 6.07) is 37.2. The highest BCUT2D eigenvalue weighted by molar-refractivity contribution is 6.36. The molecule has 1 aromatic heterocycles. The van der Waals surface area contributed by atoms with Gasteiger partial charge < -0.3 is 31.9 Å². The van der Waals surface area contributed by atoms with Crippen LogP contribution in [0.4, 0.5) is 13.2 Å². The Morgan fingerprint density at radius 3 is 2.09 bits per heavy atom. The summed E-state index contributed by atoms with van der Waals surface area (Å²) in [5, 5.41) is 18.0. The van der Waals surface area contributed by atoms with E-state index in [4.69, 9.17) is 48.0 Å². The fourth-order valence-corrected chi connectivity index (χ4v) is 7.42. The zero-order chi connectivity index (χ0) is 39.3. The van der Waals surface area contributed by atoms with Crippen LogP contribution in [0.5, 0.6) is 11.5 Å². The molecule has 0 saturated carbocycles. The van der Waals surface area contributed by atoms with Crippen LogP contribution in [0.25, 0.3) is 22.8 Å². The summed E-state index contributed by atoms with van der Waals surface area (Å²) in [6.07, 6.45) is -2.66. The lowest BCUT2D eigenvalue weighted by atomic mass is 9.74. The molecular weight excluding hydrogens is 837 g/mol. The summed E-state index contributed by atoms with van der Waals surface area (Å²) in [5.74, 6) is 1.11. The molecule has 8 rings (SSSR count). The monoisotopic (exact) mass is 873 g/mol. The van der Waals surface area contributed by atoms with E-state index < -0.39 is 17.7 Å². The van der Waals surface area contributed by atoms with Crippen molar-refractivity contribution in [3.05, 3.63) is 148 Å². The lowest BCUT2D eigenvalue weighted by molar-refractivity contribution is -0.734. The van der Waals surface area contributed by atoms with Gasteiger partial charge in [0.1, 0.15) is 23.8 Å². The molecule has 5 aromatic carbocycles. The second kappa shape index (κ2) is 19.3. The van der Waals surface area contributed by atoms with Gasteiger partial charge in [-0.1, -0.05) is 83.9 Å². The van der Waals surface area contributed by atoms with E-state index >= 15 is 0 Å². The minimum Gasteiger partial charge on any atom is -1.00 e. The molecule has 0 unspecified atom stereocenters. The number of hydrogen-bond donors (Lipinski definition) is 1. The summed E-state index contributed by atoms with van der Waals surface area (Å²) >= 11 is 12.0. The summed E-state index contributed by atoms with van der Waals surface area (Å²) < 4.78 is 50.4. The van der Waals surface area contributed by atoms with Crippen LogP contribution in [-0.4, -0.2) is 57.2 Å². The van der Waals surface area contributed by atoms with Crippen LogP contribution in [0.2, 0.25) is 10.0 Å². The highest BCUT2D eigenvalue weighted by Crippen LogP contribution is 2.47. The average molecular weight is 876 g/mol. The number of carboxylic acids is 1. The highest BCUT2D eigenvalue weighted by atomic mass is 35.5. The zero-order valence-electron chi connectivity index (χ0n) is 30.8. The van der Waals surface area contributed by atoms with Gasteiger partial charge in [0, 0.05) is 44.0 Å². The number of tetrazole rings is 1. The van der Waals surface area contributed by atoms with Crippen LogP contribution in [0.15, 0.2) is 121 Å². The van der Waals surface area contributed by atoms with Gasteiger partial charge in [-0.15, -0.1) is 12.4 Å². The van der Waals surface area contributed by atoms with E-state index in [2.05, 4.69) is 4.90 Å². The Kier molecular flexibility index (Phi) is 14.7. The molecule has 0 bridgehead atoms. The van der Waals surface area contributed by atoms with Crippen LogP contribution in [0, 0.1) is 0 Å². The molecule has 1 fully saturated rings. The fraction of sp³-hybridized carbons (Fsp3) is 0.238. The predicted octanol–water partition coefficient (Wildman–Crippen LogP) is 6.43. The van der Waals surface area contributed by atoms with Gasteiger partial charge in [-0.3, -0.25) is 4.79 Å². The Morgan fingerprint density at radius 2 is 1.48 bits per heavy atom. The molecule has 2 aliphatic rings. The van der Waals surface area contributed by atoms with E-state index in [9.17, 15) is 18.0 Å². The molecule has 9 nitrogen and oxygen atoms in total. The molecule has 58 heavy (non-hydrogen) atoms. The lowest BCUT2D eigenvalue weighted by Gasteiger charge is -2.38. The van der Waals surface area contributed by atoms with E-state index in [0.717, 1.165) is 66.3 Å². The van der Waals surface area contributed by atoms with Crippen LogP contribution in [0.1, 0.15) is 36.0 Å². The molecule has 0 aliphatic carbocycles. The molecule has 2 aliphatic heterocycles. The lowest BCUT2D eigenvalue weighted by Crippen LogP contribution is -3.00. The SMILES string of the molecule is Cl.O=C(O)CCN1CCC2(CC1)COc1cc(OCc3c(Cl)cc(C(F)(F)F)cc3Cl)ccc12.[Cl-].c1ccc(-c2nn(-c3ccccc3)[n+](-c3ccccc3)n2)cc1. The first-order valence-corrected chi connectivity index (χ1v) is 18.7. The summed E-state index contributed by atoms with van der Waals surface area (Å²) in [6.45, 7) is 2.62. The number of alkyl halides is 3. The van der Waals surface area contributed by atoms with Gasteiger partial charge in [-0.2, -0.15) is 13.2 Å². The van der Waals surface area contributed by atoms with Gasteiger partial charge >= 0.3 is 18.0 Å². The second-order valence-electron chi connectivity index (χ2n) is 13.6. The molecule has 0 atom stereocenters. The van der Waals surface area contributed by atoms with Gasteiger partial charge in [0.2, 0.25) is 0 Å². The van der Waals surface area contributed by atoms with Crippen LogP contribution >= 0.6 is 35.6 Å². The van der Waals surface area contributed by atoms with Crippen molar-refractivity contribution in [2.75, 3.05) is 26.2 Å². The minimum absolute atomic E-state index is 0. The third-order valence-corrected chi connectivity index (χ3v) is 10.6. The number of ether oxygens (including phenoxy) is 2. The van der Waals surface area contributed by atoms with E-state index in [1.54, 1.807) is 12.1 Å². The first-order chi connectivity index (χ1) is 27.0. The number of rotatable bonds is 9. The Labute approximate surface area is 355 Å². The Balaban J connectivity index is 0.000000226. The van der Waals surface area contributed by atoms with Crippen molar-refractivity contribution in [1.29, 1.82) is 0 Å². The van der Waals surface area contributed by atoms with Gasteiger partial charge in [0.15, 0.2) is 5.69 Å². The quantitative estimate of drug-likeness (QED) is 0.168. The Morgan fingerprint density at radius 1 is 0.879 bits per heavy atom. The molecule has 0 amide bonds. The number of hydrogen-bond acceptors (Lipinski definition) is 6. The van der Waals surface area contributed by atoms with Crippen molar-refractivity contribution in [1.82, 2.24) is 19.9 Å². The first kappa shape index (κ1) is 44.3. The average Bonchev–Trinajstić information content (AvgIpc) is 3.81. The minimum atomic E-state index is -4.54. The summed E-state index contributed by atoms with van der Waals surface area (Å²) in [7, 11) is 0. The Bertz CT molecular complexity index is 2210. The number of fused-ring (bicyclic) bond motifs is 2. The maximum Gasteiger partial charge on any atom is 0.416 e. The Hall–Kier alpha value is -4.85. The number of carbonyl (C=O) groups is 1. The second-order valence-corrected chi connectivity index (χ2v) is 14.4. The van der Waals surface area contributed by atoms with Crippen molar-refractivity contribution >= 4 is 41.6 Å². The van der Waals surface area contributed by atoms with Crippen molar-refractivity contribution in [2.24, 2.45) is 0 Å². The maximum atomic E-state index is 12.9. The number of benzene rings is 5. The van der Waals surface area contributed by atoms with Crippen molar-refractivity contribution < 1.29 is 49.7 Å². The molecule has 1 N–H and O–H groups in total. The number of aliphatic carboxylic acids is 1. The number of nitrogens with zero attached hydrogens (tertiary/aromatic N) is 5. The van der Waals surface area contributed by atoms with Gasteiger partial charge in [0.05, 0.1) is 29.3 Å². The summed E-state index contributed by atoms with van der Waals surface area (Å²) in [5.41, 5.74) is 3.28. The molecule has 1 saturated heterocycles. The van der Waals surface area contributed by atoms with Crippen LogP contribution in [0.3, 0.4) is 0 Å². The molecule has 3 heterocycles. The summed E-state index contributed by atoms with van der Waals surface area (Å²) in [4.78, 5) is 16.6. The van der Waals surface area contributed by atoms with Gasteiger partial charge in [0.25, 0.3) is 0 Å². The molecule has 16 heteroatoms. The van der Waals surface area contributed by atoms with Crippen LogP contribution in [-0.2, 0) is 23.0 Å². The van der Waals surface area contributed by atoms with Crippen molar-refractivity contribution in [3.63, 3.8) is 0 Å². The predicted molar refractivity (Wildman–Crippen MR) is 213 cm³/mol. The van der Waals surface area contributed by atoms with Crippen molar-refractivity contribution in [3.8, 4) is 34.3 Å². The van der Waals surface area contributed by atoms with E-state index in [1.165, 1.54) is 0 Å². The number of aromatic nitrogens is 4. The van der Waals surface area contributed by atoms with Crippen molar-refractivity contribution in [2.45, 2.75) is 37.5 Å². The normalized spacial score (nSPS) is 14.2. The molecular formula is C42H38Cl4F3N5O4. The number of carboxylic acid groups (broad SMARTS) is 1. The molecule has 304 valence electrons. The zero-order valence-corrected chi connectivity index (χ0v) is 33.9. The first-order valence-electron chi connectivity index (χ1n) is 17.9. The number of piperidine rings is 1. The molecule has 1 spiro atoms. The fourth-order valence-electron chi connectivity index (χ4n) is 6.82. The number of para-hydroxylation sites is 2. The van der Waals surface area contributed by atoms with E-state index in [-0.39, 0.29) is 58.9 Å². The number of halogens is 7. The third kappa shape index (κ3) is 10.2. The number of likely N-dealkylation sites (tertiary alicyclic amines) is 1. The van der Waals surface area contributed by atoms with E-state index in [0.29, 0.717) is 24.7 Å². The standard InChI is InChI=1S/C23H22Cl2F3NO4.C19H15N4.2ClH/c24-18-9-14(23(26,27)28)10-19(25)16(18)12-32-15-1-2-17-20(11-15)33-13-22(17)4-7-29(8-5-22)6-3-21(30)31;1-4-10-16(11-5-1)19-20-22(17-12-6-2-7-13-17)23(21-19)18-14-8-3-9-15-18;;/h1-2,9-11H,3-8,12-13H2,(H,30,31);1-15H;2*1H/q;+1;;/p-1. The maximum absolute atomic E-state index is 12.9.